The fourth-order valence-electron chi connectivity index (χ4n) is 2.82. The summed E-state index contributed by atoms with van der Waals surface area (Å²) in [4.78, 5) is 27.5. The summed E-state index contributed by atoms with van der Waals surface area (Å²) >= 11 is 15.7. The first-order valence-corrected chi connectivity index (χ1v) is 10.8. The van der Waals surface area contributed by atoms with Crippen LogP contribution in [0.5, 0.6) is 0 Å². The van der Waals surface area contributed by atoms with Gasteiger partial charge in [-0.15, -0.1) is 0 Å². The smallest absolute Gasteiger partial charge is 0.242 e. The van der Waals surface area contributed by atoms with E-state index in [0.717, 1.165) is 10.0 Å². The van der Waals surface area contributed by atoms with E-state index in [2.05, 4.69) is 21.2 Å². The second-order valence-corrected chi connectivity index (χ2v) is 9.74. The van der Waals surface area contributed by atoms with Crippen molar-refractivity contribution in [1.82, 2.24) is 10.2 Å². The summed E-state index contributed by atoms with van der Waals surface area (Å²) in [6.07, 6.45) is 0.0805. The molecule has 0 aliphatic rings. The predicted octanol–water partition coefficient (Wildman–Crippen LogP) is 5.63. The molecule has 0 radical (unpaired) electrons. The van der Waals surface area contributed by atoms with Crippen LogP contribution in [0.3, 0.4) is 0 Å². The summed E-state index contributed by atoms with van der Waals surface area (Å²) in [5.74, 6) is -0.395. The zero-order valence-corrected chi connectivity index (χ0v) is 20.0. The van der Waals surface area contributed by atoms with Crippen LogP contribution < -0.4 is 5.32 Å². The molecule has 0 saturated carbocycles. The molecule has 0 heterocycles. The molecular formula is C22H25BrCl2N2O2. The van der Waals surface area contributed by atoms with E-state index in [0.29, 0.717) is 22.2 Å². The molecule has 2 amide bonds. The zero-order valence-electron chi connectivity index (χ0n) is 16.9. The van der Waals surface area contributed by atoms with Crippen LogP contribution in [0.15, 0.2) is 46.9 Å². The molecule has 4 nitrogen and oxygen atoms in total. The number of nitrogens with one attached hydrogen (secondary N) is 1. The minimum Gasteiger partial charge on any atom is -0.350 e. The first-order chi connectivity index (χ1) is 13.5. The molecule has 1 atom stereocenters. The molecule has 0 aliphatic carbocycles. The number of benzene rings is 2. The van der Waals surface area contributed by atoms with Gasteiger partial charge in [0, 0.05) is 26.6 Å². The molecule has 0 bridgehead atoms. The second kappa shape index (κ2) is 9.96. The summed E-state index contributed by atoms with van der Waals surface area (Å²) in [5.41, 5.74) is 1.20. The van der Waals surface area contributed by atoms with Crippen LogP contribution in [-0.2, 0) is 22.6 Å². The van der Waals surface area contributed by atoms with E-state index in [9.17, 15) is 9.59 Å². The molecule has 0 spiro atoms. The van der Waals surface area contributed by atoms with Crippen molar-refractivity contribution >= 4 is 50.9 Å². The number of hydrogen-bond acceptors (Lipinski definition) is 2. The summed E-state index contributed by atoms with van der Waals surface area (Å²) in [6, 6.07) is 12.1. The summed E-state index contributed by atoms with van der Waals surface area (Å²) in [6.45, 7) is 7.77. The van der Waals surface area contributed by atoms with Crippen LogP contribution in [-0.4, -0.2) is 28.3 Å². The average Bonchev–Trinajstić information content (AvgIpc) is 2.60. The van der Waals surface area contributed by atoms with Crippen molar-refractivity contribution in [3.63, 3.8) is 0 Å². The van der Waals surface area contributed by atoms with E-state index in [-0.39, 0.29) is 18.2 Å². The highest BCUT2D eigenvalue weighted by atomic mass is 79.9. The molecule has 0 aromatic heterocycles. The quantitative estimate of drug-likeness (QED) is 0.559. The maximum absolute atomic E-state index is 13.2. The largest absolute Gasteiger partial charge is 0.350 e. The monoisotopic (exact) mass is 498 g/mol. The number of rotatable bonds is 6. The average molecular weight is 500 g/mol. The van der Waals surface area contributed by atoms with Gasteiger partial charge in [-0.2, -0.15) is 0 Å². The first-order valence-electron chi connectivity index (χ1n) is 9.26. The Labute approximate surface area is 190 Å². The van der Waals surface area contributed by atoms with E-state index in [1.807, 2.05) is 45.0 Å². The standard InChI is InChI=1S/C22H25BrCl2N2O2/c1-14(21(29)26-22(2,3)4)27(13-15-6-5-7-17(23)10-15)20(28)11-16-8-9-18(24)12-19(16)25/h5-10,12,14H,11,13H2,1-4H3,(H,26,29)/t14-/m0/s1. The maximum atomic E-state index is 13.2. The van der Waals surface area contributed by atoms with Gasteiger partial charge in [0.2, 0.25) is 11.8 Å². The van der Waals surface area contributed by atoms with Gasteiger partial charge in [-0.1, -0.05) is 57.3 Å². The number of amides is 2. The molecule has 156 valence electrons. The van der Waals surface area contributed by atoms with Crippen molar-refractivity contribution in [2.45, 2.75) is 52.2 Å². The Morgan fingerprint density at radius 2 is 1.83 bits per heavy atom. The van der Waals surface area contributed by atoms with Gasteiger partial charge in [-0.25, -0.2) is 0 Å². The molecule has 2 aromatic carbocycles. The van der Waals surface area contributed by atoms with Crippen molar-refractivity contribution in [3.8, 4) is 0 Å². The summed E-state index contributed by atoms with van der Waals surface area (Å²) in [5, 5.41) is 3.89. The normalized spacial score (nSPS) is 12.4. The third-order valence-corrected chi connectivity index (χ3v) is 5.34. The van der Waals surface area contributed by atoms with Crippen LogP contribution in [0, 0.1) is 0 Å². The van der Waals surface area contributed by atoms with E-state index in [1.54, 1.807) is 30.0 Å². The highest BCUT2D eigenvalue weighted by Crippen LogP contribution is 2.23. The third kappa shape index (κ3) is 7.32. The topological polar surface area (TPSA) is 49.4 Å². The van der Waals surface area contributed by atoms with Gasteiger partial charge in [0.05, 0.1) is 6.42 Å². The van der Waals surface area contributed by atoms with Crippen molar-refractivity contribution in [1.29, 1.82) is 0 Å². The second-order valence-electron chi connectivity index (χ2n) is 7.98. The van der Waals surface area contributed by atoms with Gasteiger partial charge in [0.15, 0.2) is 0 Å². The summed E-state index contributed by atoms with van der Waals surface area (Å²) in [7, 11) is 0. The van der Waals surface area contributed by atoms with Gasteiger partial charge >= 0.3 is 0 Å². The molecule has 1 N–H and O–H groups in total. The highest BCUT2D eigenvalue weighted by Gasteiger charge is 2.28. The Morgan fingerprint density at radius 1 is 1.14 bits per heavy atom. The SMILES string of the molecule is C[C@@H](C(=O)NC(C)(C)C)N(Cc1cccc(Br)c1)C(=O)Cc1ccc(Cl)cc1Cl. The van der Waals surface area contributed by atoms with Crippen LogP contribution in [0.1, 0.15) is 38.8 Å². The number of nitrogens with zero attached hydrogens (tertiary/aromatic N) is 1. The third-order valence-electron chi connectivity index (χ3n) is 4.26. The van der Waals surface area contributed by atoms with Crippen LogP contribution >= 0.6 is 39.1 Å². The number of hydrogen-bond donors (Lipinski definition) is 1. The van der Waals surface area contributed by atoms with E-state index in [1.165, 1.54) is 0 Å². The van der Waals surface area contributed by atoms with Crippen molar-refractivity contribution in [2.24, 2.45) is 0 Å². The van der Waals surface area contributed by atoms with Gasteiger partial charge in [-0.3, -0.25) is 9.59 Å². The Kier molecular flexibility index (Phi) is 8.15. The van der Waals surface area contributed by atoms with Crippen LogP contribution in [0.2, 0.25) is 10.0 Å². The Hall–Kier alpha value is -1.56. The molecule has 2 rings (SSSR count). The molecule has 0 aliphatic heterocycles. The lowest BCUT2D eigenvalue weighted by molar-refractivity contribution is -0.140. The highest BCUT2D eigenvalue weighted by molar-refractivity contribution is 9.10. The first kappa shape index (κ1) is 23.7. The molecule has 0 unspecified atom stereocenters. The van der Waals surface area contributed by atoms with Crippen molar-refractivity contribution < 1.29 is 9.59 Å². The van der Waals surface area contributed by atoms with Gasteiger partial charge in [0.25, 0.3) is 0 Å². The van der Waals surface area contributed by atoms with E-state index < -0.39 is 11.6 Å². The van der Waals surface area contributed by atoms with Gasteiger partial charge in [0.1, 0.15) is 6.04 Å². The summed E-state index contributed by atoms with van der Waals surface area (Å²) < 4.78 is 0.912. The minimum atomic E-state index is -0.646. The molecule has 0 fully saturated rings. The van der Waals surface area contributed by atoms with Crippen LogP contribution in [0.25, 0.3) is 0 Å². The fraction of sp³-hybridized carbons (Fsp3) is 0.364. The maximum Gasteiger partial charge on any atom is 0.242 e. The lowest BCUT2D eigenvalue weighted by atomic mass is 10.1. The molecule has 7 heteroatoms. The van der Waals surface area contributed by atoms with E-state index in [4.69, 9.17) is 23.2 Å². The van der Waals surface area contributed by atoms with Gasteiger partial charge in [-0.05, 0) is 63.1 Å². The zero-order chi connectivity index (χ0) is 21.8. The molecule has 2 aromatic rings. The predicted molar refractivity (Wildman–Crippen MR) is 122 cm³/mol. The molecule has 0 saturated heterocycles. The Balaban J connectivity index is 2.29. The molecule has 29 heavy (non-hydrogen) atoms. The van der Waals surface area contributed by atoms with Gasteiger partial charge < -0.3 is 10.2 Å². The lowest BCUT2D eigenvalue weighted by Crippen LogP contribution is -2.52. The minimum absolute atomic E-state index is 0.0805. The number of carbonyl (C=O) groups is 2. The lowest BCUT2D eigenvalue weighted by Gasteiger charge is -2.31. The van der Waals surface area contributed by atoms with Crippen molar-refractivity contribution in [3.05, 3.63) is 68.1 Å². The number of carbonyl (C=O) groups excluding carboxylic acids is 2. The Bertz CT molecular complexity index is 897. The van der Waals surface area contributed by atoms with E-state index >= 15 is 0 Å². The Morgan fingerprint density at radius 3 is 2.41 bits per heavy atom. The number of halogens is 3. The van der Waals surface area contributed by atoms with Crippen LogP contribution in [0.4, 0.5) is 0 Å². The molecular weight excluding hydrogens is 475 g/mol. The van der Waals surface area contributed by atoms with Crippen molar-refractivity contribution in [2.75, 3.05) is 0 Å². The fourth-order valence-corrected chi connectivity index (χ4v) is 3.74.